The van der Waals surface area contributed by atoms with Crippen LogP contribution in [0.3, 0.4) is 0 Å². The lowest BCUT2D eigenvalue weighted by Gasteiger charge is -2.16. The molecule has 6 nitrogen and oxygen atoms in total. The van der Waals surface area contributed by atoms with Crippen LogP contribution in [-0.2, 0) is 19.1 Å². The molecule has 1 unspecified atom stereocenters. The molecule has 0 rings (SSSR count). The third-order valence-electron chi connectivity index (χ3n) is 3.50. The smallest absolute Gasteiger partial charge is 0.334 e. The molecule has 0 radical (unpaired) electrons. The monoisotopic (exact) mass is 314 g/mol. The summed E-state index contributed by atoms with van der Waals surface area (Å²) in [5, 5.41) is 17.6. The molecule has 2 N–H and O–H groups in total. The van der Waals surface area contributed by atoms with Gasteiger partial charge in [0, 0.05) is 5.57 Å². The van der Waals surface area contributed by atoms with Gasteiger partial charge in [-0.05, 0) is 19.3 Å². The van der Waals surface area contributed by atoms with Crippen LogP contribution in [-0.4, -0.2) is 34.7 Å². The summed E-state index contributed by atoms with van der Waals surface area (Å²) in [6, 6.07) is 0. The third kappa shape index (κ3) is 8.44. The van der Waals surface area contributed by atoms with Crippen LogP contribution in [0.1, 0.15) is 59.3 Å². The fourth-order valence-electron chi connectivity index (χ4n) is 2.06. The van der Waals surface area contributed by atoms with Gasteiger partial charge in [-0.3, -0.25) is 9.59 Å². The molecule has 0 aromatic heterocycles. The fraction of sp³-hybridized carbons (Fsp3) is 0.688. The molecule has 0 saturated carbocycles. The molecule has 0 bridgehead atoms. The predicted molar refractivity (Wildman–Crippen MR) is 81.5 cm³/mol. The number of carbonyl (C=O) groups is 3. The summed E-state index contributed by atoms with van der Waals surface area (Å²) in [5.74, 6) is -2.77. The highest BCUT2D eigenvalue weighted by molar-refractivity contribution is 5.95. The summed E-state index contributed by atoms with van der Waals surface area (Å²) in [5.41, 5.74) is 0.154. The van der Waals surface area contributed by atoms with E-state index >= 15 is 0 Å². The summed E-state index contributed by atoms with van der Waals surface area (Å²) >= 11 is 0. The summed E-state index contributed by atoms with van der Waals surface area (Å²) in [6.07, 6.45) is 3.04. The quantitative estimate of drug-likeness (QED) is 0.449. The van der Waals surface area contributed by atoms with Gasteiger partial charge in [-0.25, -0.2) is 4.79 Å². The Labute approximate surface area is 131 Å². The van der Waals surface area contributed by atoms with Crippen LogP contribution in [0.25, 0.3) is 0 Å². The molecule has 0 fully saturated rings. The van der Waals surface area contributed by atoms with E-state index in [1.807, 2.05) is 6.92 Å². The second-order valence-corrected chi connectivity index (χ2v) is 5.41. The van der Waals surface area contributed by atoms with Crippen LogP contribution < -0.4 is 0 Å². The van der Waals surface area contributed by atoms with E-state index < -0.39 is 24.3 Å². The molecule has 0 amide bonds. The van der Waals surface area contributed by atoms with Gasteiger partial charge in [0.05, 0.1) is 19.4 Å². The molecular formula is C16H26O6. The molecule has 6 heteroatoms. The van der Waals surface area contributed by atoms with Gasteiger partial charge in [0.15, 0.2) is 0 Å². The fourth-order valence-corrected chi connectivity index (χ4v) is 2.06. The Bertz CT molecular complexity index is 424. The van der Waals surface area contributed by atoms with E-state index in [-0.39, 0.29) is 30.1 Å². The summed E-state index contributed by atoms with van der Waals surface area (Å²) in [7, 11) is 0. The van der Waals surface area contributed by atoms with Gasteiger partial charge in [-0.1, -0.05) is 38.7 Å². The highest BCUT2D eigenvalue weighted by atomic mass is 16.5. The molecule has 1 atom stereocenters. The second kappa shape index (κ2) is 10.8. The molecule has 0 heterocycles. The van der Waals surface area contributed by atoms with Gasteiger partial charge in [-0.15, -0.1) is 0 Å². The maximum Gasteiger partial charge on any atom is 0.334 e. The molecular weight excluding hydrogens is 288 g/mol. The number of carboxylic acid groups (broad SMARTS) is 2. The van der Waals surface area contributed by atoms with Crippen molar-refractivity contribution in [3.8, 4) is 0 Å². The Morgan fingerprint density at radius 1 is 1.05 bits per heavy atom. The van der Waals surface area contributed by atoms with E-state index in [0.717, 1.165) is 25.7 Å². The predicted octanol–water partition coefficient (Wildman–Crippen LogP) is 3.01. The van der Waals surface area contributed by atoms with Crippen molar-refractivity contribution in [1.29, 1.82) is 0 Å². The van der Waals surface area contributed by atoms with E-state index in [9.17, 15) is 14.4 Å². The Hall–Kier alpha value is -1.85. The van der Waals surface area contributed by atoms with Gasteiger partial charge < -0.3 is 14.9 Å². The van der Waals surface area contributed by atoms with Gasteiger partial charge in [-0.2, -0.15) is 0 Å². The zero-order chi connectivity index (χ0) is 17.1. The van der Waals surface area contributed by atoms with Gasteiger partial charge in [0.1, 0.15) is 0 Å². The molecule has 0 aromatic rings. The highest BCUT2D eigenvalue weighted by Crippen LogP contribution is 2.17. The van der Waals surface area contributed by atoms with Crippen LogP contribution in [0.4, 0.5) is 0 Å². The molecule has 126 valence electrons. The van der Waals surface area contributed by atoms with Crippen LogP contribution in [0.5, 0.6) is 0 Å². The van der Waals surface area contributed by atoms with Crippen molar-refractivity contribution < 1.29 is 29.3 Å². The summed E-state index contributed by atoms with van der Waals surface area (Å²) in [4.78, 5) is 33.6. The number of carbonyl (C=O) groups excluding carboxylic acids is 1. The average molecular weight is 314 g/mol. The number of rotatable bonds is 11. The Morgan fingerprint density at radius 3 is 2.09 bits per heavy atom. The van der Waals surface area contributed by atoms with Crippen molar-refractivity contribution in [2.75, 3.05) is 6.61 Å². The number of ether oxygens (including phenoxy) is 1. The lowest BCUT2D eigenvalue weighted by molar-refractivity contribution is -0.144. The first kappa shape index (κ1) is 20.1. The van der Waals surface area contributed by atoms with Crippen molar-refractivity contribution >= 4 is 17.9 Å². The van der Waals surface area contributed by atoms with Crippen LogP contribution in [0.15, 0.2) is 11.1 Å². The van der Waals surface area contributed by atoms with E-state index in [4.69, 9.17) is 14.9 Å². The lowest BCUT2D eigenvalue weighted by Crippen LogP contribution is -2.18. The van der Waals surface area contributed by atoms with Crippen molar-refractivity contribution in [3.05, 3.63) is 11.1 Å². The minimum Gasteiger partial charge on any atom is -0.481 e. The van der Waals surface area contributed by atoms with Gasteiger partial charge >= 0.3 is 17.9 Å². The standard InChI is InChI=1S/C16H26O6/c1-4-6-7-12(5-2)10-22-16(21)13(9-15(19)20)11(3)8-14(17)18/h12H,4-10H2,1-3H3,(H,17,18)(H,19,20)/b13-11-. The van der Waals surface area contributed by atoms with Crippen molar-refractivity contribution in [2.24, 2.45) is 5.92 Å². The minimum atomic E-state index is -1.19. The van der Waals surface area contributed by atoms with E-state index in [0.29, 0.717) is 0 Å². The van der Waals surface area contributed by atoms with Crippen molar-refractivity contribution in [3.63, 3.8) is 0 Å². The van der Waals surface area contributed by atoms with Crippen molar-refractivity contribution in [2.45, 2.75) is 59.3 Å². The van der Waals surface area contributed by atoms with E-state index in [1.54, 1.807) is 0 Å². The lowest BCUT2D eigenvalue weighted by atomic mass is 10.0. The first-order valence-electron chi connectivity index (χ1n) is 7.61. The number of aliphatic carboxylic acids is 2. The van der Waals surface area contributed by atoms with Gasteiger partial charge in [0.25, 0.3) is 0 Å². The largest absolute Gasteiger partial charge is 0.481 e. The van der Waals surface area contributed by atoms with E-state index in [2.05, 4.69) is 6.92 Å². The molecule has 0 saturated heterocycles. The zero-order valence-electron chi connectivity index (χ0n) is 13.6. The third-order valence-corrected chi connectivity index (χ3v) is 3.50. The Balaban J connectivity index is 4.83. The highest BCUT2D eigenvalue weighted by Gasteiger charge is 2.20. The van der Waals surface area contributed by atoms with Gasteiger partial charge in [0.2, 0.25) is 0 Å². The maximum atomic E-state index is 12.1. The van der Waals surface area contributed by atoms with Crippen LogP contribution in [0.2, 0.25) is 0 Å². The Morgan fingerprint density at radius 2 is 1.64 bits per heavy atom. The van der Waals surface area contributed by atoms with Crippen molar-refractivity contribution in [1.82, 2.24) is 0 Å². The first-order valence-corrected chi connectivity index (χ1v) is 7.61. The molecule has 0 aliphatic carbocycles. The number of esters is 1. The topological polar surface area (TPSA) is 101 Å². The minimum absolute atomic E-state index is 0.0692. The number of carboxylic acids is 2. The molecule has 0 aliphatic heterocycles. The Kier molecular flexibility index (Phi) is 9.91. The normalized spacial score (nSPS) is 13.2. The van der Waals surface area contributed by atoms with E-state index in [1.165, 1.54) is 6.92 Å². The number of hydrogen-bond donors (Lipinski definition) is 2. The SMILES string of the molecule is CCCCC(CC)COC(=O)/C(CC(=O)O)=C(/C)CC(=O)O. The molecule has 0 spiro atoms. The average Bonchev–Trinajstić information content (AvgIpc) is 2.43. The molecule has 0 aromatic carbocycles. The number of unbranched alkanes of at least 4 members (excludes halogenated alkanes) is 1. The number of hydrogen-bond acceptors (Lipinski definition) is 4. The maximum absolute atomic E-state index is 12.1. The second-order valence-electron chi connectivity index (χ2n) is 5.41. The van der Waals surface area contributed by atoms with Crippen LogP contribution >= 0.6 is 0 Å². The molecule has 22 heavy (non-hydrogen) atoms. The first-order chi connectivity index (χ1) is 10.3. The summed E-state index contributed by atoms with van der Waals surface area (Å²) in [6.45, 7) is 5.78. The zero-order valence-corrected chi connectivity index (χ0v) is 13.6. The van der Waals surface area contributed by atoms with Crippen LogP contribution in [0, 0.1) is 5.92 Å². The summed E-state index contributed by atoms with van der Waals surface area (Å²) < 4.78 is 5.20. The molecule has 0 aliphatic rings.